The fourth-order valence-corrected chi connectivity index (χ4v) is 3.32. The van der Waals surface area contributed by atoms with Crippen LogP contribution in [0.4, 0.5) is 5.69 Å². The van der Waals surface area contributed by atoms with E-state index >= 15 is 0 Å². The van der Waals surface area contributed by atoms with Gasteiger partial charge in [-0.15, -0.1) is 0 Å². The molecule has 0 fully saturated rings. The van der Waals surface area contributed by atoms with Crippen molar-refractivity contribution in [3.8, 4) is 0 Å². The number of esters is 1. The lowest BCUT2D eigenvalue weighted by molar-refractivity contribution is -0.143. The smallest absolute Gasteiger partial charge is 0.328 e. The van der Waals surface area contributed by atoms with Crippen LogP contribution in [0.2, 0.25) is 10.0 Å². The average Bonchev–Trinajstić information content (AvgIpc) is 2.84. The lowest BCUT2D eigenvalue weighted by Gasteiger charge is -2.14. The fraction of sp³-hybridized carbons (Fsp3) is 0.320. The Labute approximate surface area is 219 Å². The molecule has 0 spiro atoms. The molecule has 2 aromatic rings. The molecule has 36 heavy (non-hydrogen) atoms. The normalized spacial score (nSPS) is 11.4. The molecule has 11 heteroatoms. The first-order valence-corrected chi connectivity index (χ1v) is 11.8. The van der Waals surface area contributed by atoms with Crippen LogP contribution in [0.1, 0.15) is 36.5 Å². The van der Waals surface area contributed by atoms with Gasteiger partial charge in [-0.2, -0.15) is 0 Å². The Morgan fingerprint density at radius 1 is 1.00 bits per heavy atom. The average molecular weight is 541 g/mol. The first-order valence-electron chi connectivity index (χ1n) is 11.1. The molecular weight excluding hydrogens is 511 g/mol. The summed E-state index contributed by atoms with van der Waals surface area (Å²) < 4.78 is 5.25. The van der Waals surface area contributed by atoms with Gasteiger partial charge >= 0.3 is 17.9 Å². The number of hydrogen-bond acceptors (Lipinski definition) is 7. The topological polar surface area (TPSA) is 159 Å². The molecule has 0 saturated carbocycles. The number of aliphatic carboxylic acids is 2. The fourth-order valence-electron chi connectivity index (χ4n) is 2.81. The number of benzene rings is 2. The Balaban J connectivity index is 0.000000697. The first kappa shape index (κ1) is 30.9. The summed E-state index contributed by atoms with van der Waals surface area (Å²) in [5.74, 6) is -2.69. The molecule has 0 radical (unpaired) electrons. The lowest BCUT2D eigenvalue weighted by atomic mass is 10.1. The number of rotatable bonds is 13. The number of nitrogens with one attached hydrogen (secondary N) is 1. The number of nitrogen functional groups attached to an aromatic ring is 1. The summed E-state index contributed by atoms with van der Waals surface area (Å²) in [6, 6.07) is 13.2. The summed E-state index contributed by atoms with van der Waals surface area (Å²) in [4.78, 5) is 30.8. The second-order valence-electron chi connectivity index (χ2n) is 7.54. The number of carboxylic acid groups (broad SMARTS) is 2. The van der Waals surface area contributed by atoms with Crippen molar-refractivity contribution < 1.29 is 34.4 Å². The summed E-state index contributed by atoms with van der Waals surface area (Å²) in [5.41, 5.74) is 7.76. The third-order valence-electron chi connectivity index (χ3n) is 4.67. The summed E-state index contributed by atoms with van der Waals surface area (Å²) in [6.45, 7) is 1.45. The maximum Gasteiger partial charge on any atom is 0.328 e. The van der Waals surface area contributed by atoms with E-state index in [2.05, 4.69) is 5.32 Å². The molecule has 0 aliphatic rings. The van der Waals surface area contributed by atoms with Crippen molar-refractivity contribution in [2.24, 2.45) is 0 Å². The molecule has 0 aromatic heterocycles. The van der Waals surface area contributed by atoms with Crippen molar-refractivity contribution in [3.05, 3.63) is 75.8 Å². The van der Waals surface area contributed by atoms with Gasteiger partial charge in [0.05, 0.1) is 28.4 Å². The molecule has 0 heterocycles. The third-order valence-corrected chi connectivity index (χ3v) is 5.30. The number of carboxylic acids is 2. The third kappa shape index (κ3) is 13.7. The molecule has 1 atom stereocenters. The molecule has 196 valence electrons. The van der Waals surface area contributed by atoms with Crippen LogP contribution in [0, 0.1) is 0 Å². The number of aliphatic hydroxyl groups excluding tert-OH is 1. The number of ether oxygens (including phenoxy) is 1. The minimum atomic E-state index is -1.26. The van der Waals surface area contributed by atoms with Gasteiger partial charge in [0.15, 0.2) is 0 Å². The highest BCUT2D eigenvalue weighted by Gasteiger charge is 2.12. The molecule has 0 amide bonds. The molecule has 0 aliphatic heterocycles. The van der Waals surface area contributed by atoms with Gasteiger partial charge in [0, 0.05) is 31.5 Å². The number of nitrogens with two attached hydrogens (primary N) is 1. The van der Waals surface area contributed by atoms with E-state index in [4.69, 9.17) is 43.9 Å². The number of halogens is 2. The van der Waals surface area contributed by atoms with Crippen LogP contribution < -0.4 is 11.1 Å². The molecule has 2 rings (SSSR count). The number of carbonyl (C=O) groups excluding carboxylic acids is 1. The van der Waals surface area contributed by atoms with Gasteiger partial charge in [-0.05, 0) is 42.6 Å². The summed E-state index contributed by atoms with van der Waals surface area (Å²) in [5, 5.41) is 29.6. The van der Waals surface area contributed by atoms with E-state index in [9.17, 15) is 19.5 Å². The molecular formula is C25H30Cl2N2O7. The largest absolute Gasteiger partial charge is 0.478 e. The standard InChI is InChI=1S/C21H26Cl2N2O3.C4H4O4/c22-17-12-16(13-18(23)21(17)24)19(26)14-25-10-5-4-8-20(27)28-11-9-15-6-2-1-3-7-15;5-3(6)1-2-4(7)8/h1-3,6-7,12-13,19,25-26H,4-5,8-11,14,24H2;1-2H,(H,5,6)(H,7,8)/b;2-1+. The zero-order valence-corrected chi connectivity index (χ0v) is 21.0. The molecule has 0 aliphatic carbocycles. The second kappa shape index (κ2) is 17.3. The van der Waals surface area contributed by atoms with Crippen molar-refractivity contribution in [3.63, 3.8) is 0 Å². The van der Waals surface area contributed by atoms with Gasteiger partial charge < -0.3 is 31.1 Å². The lowest BCUT2D eigenvalue weighted by Crippen LogP contribution is -2.22. The van der Waals surface area contributed by atoms with E-state index in [-0.39, 0.29) is 5.97 Å². The van der Waals surface area contributed by atoms with Crippen molar-refractivity contribution >= 4 is 46.8 Å². The van der Waals surface area contributed by atoms with Crippen molar-refractivity contribution in [2.75, 3.05) is 25.4 Å². The molecule has 1 unspecified atom stereocenters. The van der Waals surface area contributed by atoms with Gasteiger partial charge in [-0.3, -0.25) is 4.79 Å². The Morgan fingerprint density at radius 2 is 1.58 bits per heavy atom. The monoisotopic (exact) mass is 540 g/mol. The molecule has 0 saturated heterocycles. The van der Waals surface area contributed by atoms with Crippen LogP contribution in [0.15, 0.2) is 54.6 Å². The Bertz CT molecular complexity index is 978. The van der Waals surface area contributed by atoms with Crippen LogP contribution in [0.3, 0.4) is 0 Å². The van der Waals surface area contributed by atoms with Crippen LogP contribution in [0.5, 0.6) is 0 Å². The predicted octanol–water partition coefficient (Wildman–Crippen LogP) is 3.87. The zero-order valence-electron chi connectivity index (χ0n) is 19.5. The van der Waals surface area contributed by atoms with E-state index in [0.29, 0.717) is 59.6 Å². The van der Waals surface area contributed by atoms with Gasteiger partial charge in [-0.1, -0.05) is 53.5 Å². The SMILES string of the molecule is Nc1c(Cl)cc(C(O)CNCCCCC(=O)OCCc2ccccc2)cc1Cl.O=C(O)/C=C/C(=O)O. The predicted molar refractivity (Wildman–Crippen MR) is 138 cm³/mol. The summed E-state index contributed by atoms with van der Waals surface area (Å²) >= 11 is 12.0. The number of carbonyl (C=O) groups is 3. The quantitative estimate of drug-likeness (QED) is 0.110. The zero-order chi connectivity index (χ0) is 26.9. The Hall–Kier alpha value is -3.11. The first-order chi connectivity index (χ1) is 17.1. The van der Waals surface area contributed by atoms with Crippen LogP contribution in [-0.4, -0.2) is 52.9 Å². The van der Waals surface area contributed by atoms with E-state index in [1.807, 2.05) is 30.3 Å². The maximum absolute atomic E-state index is 11.7. The molecule has 2 aromatic carbocycles. The van der Waals surface area contributed by atoms with Gasteiger partial charge in [0.1, 0.15) is 0 Å². The number of unbranched alkanes of at least 4 members (excludes halogenated alkanes) is 1. The van der Waals surface area contributed by atoms with Gasteiger partial charge in [0.2, 0.25) is 0 Å². The highest BCUT2D eigenvalue weighted by Crippen LogP contribution is 2.31. The van der Waals surface area contributed by atoms with Crippen molar-refractivity contribution in [1.82, 2.24) is 5.32 Å². The second-order valence-corrected chi connectivity index (χ2v) is 8.36. The Morgan fingerprint density at radius 3 is 2.14 bits per heavy atom. The molecule has 0 bridgehead atoms. The van der Waals surface area contributed by atoms with Crippen LogP contribution >= 0.6 is 23.2 Å². The van der Waals surface area contributed by atoms with E-state index in [0.717, 1.165) is 24.8 Å². The van der Waals surface area contributed by atoms with Crippen molar-refractivity contribution in [2.45, 2.75) is 31.8 Å². The number of hydrogen-bond donors (Lipinski definition) is 5. The maximum atomic E-state index is 11.7. The van der Waals surface area contributed by atoms with Crippen LogP contribution in [-0.2, 0) is 25.5 Å². The van der Waals surface area contributed by atoms with E-state index in [1.54, 1.807) is 12.1 Å². The molecule has 9 nitrogen and oxygen atoms in total. The van der Waals surface area contributed by atoms with Crippen molar-refractivity contribution in [1.29, 1.82) is 0 Å². The van der Waals surface area contributed by atoms with E-state index in [1.165, 1.54) is 0 Å². The highest BCUT2D eigenvalue weighted by atomic mass is 35.5. The molecule has 6 N–H and O–H groups in total. The summed E-state index contributed by atoms with van der Waals surface area (Å²) in [6.07, 6.45) is 3.03. The minimum Gasteiger partial charge on any atom is -0.478 e. The van der Waals surface area contributed by atoms with Gasteiger partial charge in [-0.25, -0.2) is 9.59 Å². The minimum absolute atomic E-state index is 0.179. The Kier molecular flexibility index (Phi) is 14.9. The van der Waals surface area contributed by atoms with Crippen LogP contribution in [0.25, 0.3) is 0 Å². The number of aliphatic hydroxyl groups is 1. The summed E-state index contributed by atoms with van der Waals surface area (Å²) in [7, 11) is 0. The van der Waals surface area contributed by atoms with Gasteiger partial charge in [0.25, 0.3) is 0 Å². The van der Waals surface area contributed by atoms with E-state index < -0.39 is 18.0 Å². The number of anilines is 1. The highest BCUT2D eigenvalue weighted by molar-refractivity contribution is 6.38.